The summed E-state index contributed by atoms with van der Waals surface area (Å²) in [4.78, 5) is 11.7. The molecule has 2 aromatic rings. The third-order valence-corrected chi connectivity index (χ3v) is 2.86. The fourth-order valence-electron chi connectivity index (χ4n) is 1.80. The minimum Gasteiger partial charge on any atom is -0.496 e. The Morgan fingerprint density at radius 2 is 1.91 bits per heavy atom. The van der Waals surface area contributed by atoms with Crippen LogP contribution in [-0.2, 0) is 0 Å². The largest absolute Gasteiger partial charge is 0.496 e. The van der Waals surface area contributed by atoms with Crippen LogP contribution in [0.25, 0.3) is 6.08 Å². The lowest BCUT2D eigenvalue weighted by atomic mass is 10.2. The molecule has 0 spiro atoms. The fraction of sp³-hybridized carbons (Fsp3) is 0.0588. The maximum atomic E-state index is 13.4. The molecule has 0 aromatic heterocycles. The third kappa shape index (κ3) is 4.02. The van der Waals surface area contributed by atoms with Crippen molar-refractivity contribution in [1.29, 1.82) is 0 Å². The van der Waals surface area contributed by atoms with E-state index in [-0.39, 0.29) is 5.56 Å². The van der Waals surface area contributed by atoms with Crippen LogP contribution in [0.4, 0.5) is 4.39 Å². The summed E-state index contributed by atoms with van der Waals surface area (Å²) in [5.74, 6) is -0.442. The lowest BCUT2D eigenvalue weighted by Crippen LogP contribution is -2.18. The van der Waals surface area contributed by atoms with E-state index in [9.17, 15) is 9.18 Å². The first kappa shape index (κ1) is 15.4. The molecule has 0 aliphatic heterocycles. The standard InChI is InChI=1S/C17H15FN2O2/c1-22-16-11-5-2-7-13(16)8-6-12-19-20-17(21)14-9-3-4-10-15(14)18/h2-12H,1H3,(H,20,21)/b8-6+,19-12+. The second-order valence-corrected chi connectivity index (χ2v) is 4.30. The predicted octanol–water partition coefficient (Wildman–Crippen LogP) is 3.26. The van der Waals surface area contributed by atoms with Gasteiger partial charge in [-0.15, -0.1) is 0 Å². The number of halogens is 1. The summed E-state index contributed by atoms with van der Waals surface area (Å²) in [7, 11) is 1.59. The first-order valence-electron chi connectivity index (χ1n) is 6.60. The van der Waals surface area contributed by atoms with Gasteiger partial charge in [0, 0.05) is 11.8 Å². The number of carbonyl (C=O) groups is 1. The maximum Gasteiger partial charge on any atom is 0.274 e. The van der Waals surface area contributed by atoms with Crippen LogP contribution in [0.1, 0.15) is 15.9 Å². The van der Waals surface area contributed by atoms with Gasteiger partial charge >= 0.3 is 0 Å². The predicted molar refractivity (Wildman–Crippen MR) is 84.4 cm³/mol. The van der Waals surface area contributed by atoms with Gasteiger partial charge in [-0.3, -0.25) is 4.79 Å². The number of para-hydroxylation sites is 1. The maximum absolute atomic E-state index is 13.4. The smallest absolute Gasteiger partial charge is 0.274 e. The van der Waals surface area contributed by atoms with Crippen LogP contribution in [0.3, 0.4) is 0 Å². The van der Waals surface area contributed by atoms with Crippen molar-refractivity contribution >= 4 is 18.2 Å². The molecule has 0 atom stereocenters. The first-order chi connectivity index (χ1) is 10.7. The number of ether oxygens (including phenoxy) is 1. The zero-order valence-corrected chi connectivity index (χ0v) is 12.0. The van der Waals surface area contributed by atoms with E-state index >= 15 is 0 Å². The molecule has 2 aromatic carbocycles. The highest BCUT2D eigenvalue weighted by Gasteiger charge is 2.08. The minimum absolute atomic E-state index is 0.0478. The number of carbonyl (C=O) groups excluding carboxylic acids is 1. The molecule has 0 aliphatic rings. The summed E-state index contributed by atoms with van der Waals surface area (Å²) in [6.07, 6.45) is 4.85. The normalized spacial score (nSPS) is 11.0. The molecule has 1 amide bonds. The summed E-state index contributed by atoms with van der Waals surface area (Å²) in [5.41, 5.74) is 3.10. The van der Waals surface area contributed by atoms with Crippen molar-refractivity contribution in [1.82, 2.24) is 5.43 Å². The second-order valence-electron chi connectivity index (χ2n) is 4.30. The molecular weight excluding hydrogens is 283 g/mol. The van der Waals surface area contributed by atoms with Crippen LogP contribution < -0.4 is 10.2 Å². The molecule has 0 unspecified atom stereocenters. The van der Waals surface area contributed by atoms with E-state index in [4.69, 9.17) is 4.74 Å². The minimum atomic E-state index is -0.597. The molecule has 0 fully saturated rings. The van der Waals surface area contributed by atoms with Gasteiger partial charge in [-0.1, -0.05) is 30.3 Å². The number of nitrogens with one attached hydrogen (secondary N) is 1. The Morgan fingerprint density at radius 3 is 2.68 bits per heavy atom. The van der Waals surface area contributed by atoms with Crippen molar-refractivity contribution in [3.05, 3.63) is 71.6 Å². The lowest BCUT2D eigenvalue weighted by molar-refractivity contribution is 0.0951. The molecule has 0 saturated carbocycles. The van der Waals surface area contributed by atoms with E-state index < -0.39 is 11.7 Å². The summed E-state index contributed by atoms with van der Waals surface area (Å²) in [5, 5.41) is 3.74. The average Bonchev–Trinajstić information content (AvgIpc) is 2.55. The SMILES string of the molecule is COc1ccccc1/C=C/C=N/NC(=O)c1ccccc1F. The fourth-order valence-corrected chi connectivity index (χ4v) is 1.80. The Kier molecular flexibility index (Phi) is 5.43. The van der Waals surface area contributed by atoms with Crippen molar-refractivity contribution in [2.45, 2.75) is 0 Å². The number of amides is 1. The molecule has 0 saturated heterocycles. The van der Waals surface area contributed by atoms with Crippen LogP contribution >= 0.6 is 0 Å². The number of benzene rings is 2. The number of rotatable bonds is 5. The Labute approximate surface area is 127 Å². The average molecular weight is 298 g/mol. The molecule has 0 radical (unpaired) electrons. The van der Waals surface area contributed by atoms with Gasteiger partial charge in [0.25, 0.3) is 5.91 Å². The van der Waals surface area contributed by atoms with Gasteiger partial charge in [-0.05, 0) is 30.4 Å². The Balaban J connectivity index is 1.95. The third-order valence-electron chi connectivity index (χ3n) is 2.86. The topological polar surface area (TPSA) is 50.7 Å². The second kappa shape index (κ2) is 7.73. The van der Waals surface area contributed by atoms with Crippen LogP contribution in [0.2, 0.25) is 0 Å². The molecule has 4 nitrogen and oxygen atoms in total. The zero-order chi connectivity index (χ0) is 15.8. The van der Waals surface area contributed by atoms with E-state index in [2.05, 4.69) is 10.5 Å². The van der Waals surface area contributed by atoms with Crippen LogP contribution in [0, 0.1) is 5.82 Å². The van der Waals surface area contributed by atoms with Crippen molar-refractivity contribution in [2.24, 2.45) is 5.10 Å². The molecule has 0 heterocycles. The molecular formula is C17H15FN2O2. The Morgan fingerprint density at radius 1 is 1.18 bits per heavy atom. The van der Waals surface area contributed by atoms with Gasteiger partial charge in [-0.2, -0.15) is 5.10 Å². The van der Waals surface area contributed by atoms with Crippen molar-refractivity contribution in [2.75, 3.05) is 7.11 Å². The zero-order valence-electron chi connectivity index (χ0n) is 12.0. The van der Waals surface area contributed by atoms with E-state index in [0.29, 0.717) is 0 Å². The highest BCUT2D eigenvalue weighted by atomic mass is 19.1. The number of hydrogen-bond acceptors (Lipinski definition) is 3. The Bertz CT molecular complexity index is 711. The number of nitrogens with zero attached hydrogens (tertiary/aromatic N) is 1. The van der Waals surface area contributed by atoms with Gasteiger partial charge in [0.15, 0.2) is 0 Å². The Hall–Kier alpha value is -2.95. The number of allylic oxidation sites excluding steroid dienone is 1. The van der Waals surface area contributed by atoms with E-state index in [1.807, 2.05) is 24.3 Å². The van der Waals surface area contributed by atoms with Crippen molar-refractivity contribution in [3.8, 4) is 5.75 Å². The van der Waals surface area contributed by atoms with Gasteiger partial charge in [0.05, 0.1) is 12.7 Å². The number of methoxy groups -OCH3 is 1. The van der Waals surface area contributed by atoms with Crippen LogP contribution in [0.15, 0.2) is 59.7 Å². The quantitative estimate of drug-likeness (QED) is 0.680. The molecule has 0 aliphatic carbocycles. The van der Waals surface area contributed by atoms with E-state index in [0.717, 1.165) is 11.3 Å². The summed E-state index contributed by atoms with van der Waals surface area (Å²) in [6.45, 7) is 0. The molecule has 1 N–H and O–H groups in total. The van der Waals surface area contributed by atoms with Crippen LogP contribution in [-0.4, -0.2) is 19.2 Å². The van der Waals surface area contributed by atoms with Gasteiger partial charge < -0.3 is 4.74 Å². The van der Waals surface area contributed by atoms with Gasteiger partial charge in [0.2, 0.25) is 0 Å². The lowest BCUT2D eigenvalue weighted by Gasteiger charge is -2.02. The number of hydrogen-bond donors (Lipinski definition) is 1. The summed E-state index contributed by atoms with van der Waals surface area (Å²) >= 11 is 0. The monoisotopic (exact) mass is 298 g/mol. The van der Waals surface area contributed by atoms with Crippen LogP contribution in [0.5, 0.6) is 5.75 Å². The number of hydrazone groups is 1. The highest BCUT2D eigenvalue weighted by Crippen LogP contribution is 2.18. The molecule has 5 heteroatoms. The van der Waals surface area contributed by atoms with E-state index in [1.165, 1.54) is 24.4 Å². The van der Waals surface area contributed by atoms with E-state index in [1.54, 1.807) is 25.3 Å². The van der Waals surface area contributed by atoms with Crippen molar-refractivity contribution < 1.29 is 13.9 Å². The summed E-state index contributed by atoms with van der Waals surface area (Å²) in [6, 6.07) is 13.2. The van der Waals surface area contributed by atoms with Crippen molar-refractivity contribution in [3.63, 3.8) is 0 Å². The van der Waals surface area contributed by atoms with Gasteiger partial charge in [-0.25, -0.2) is 9.82 Å². The first-order valence-corrected chi connectivity index (χ1v) is 6.60. The summed E-state index contributed by atoms with van der Waals surface area (Å²) < 4.78 is 18.6. The molecule has 0 bridgehead atoms. The molecule has 112 valence electrons. The molecule has 2 rings (SSSR count). The highest BCUT2D eigenvalue weighted by molar-refractivity contribution is 5.95. The van der Waals surface area contributed by atoms with Gasteiger partial charge in [0.1, 0.15) is 11.6 Å². The molecule has 22 heavy (non-hydrogen) atoms.